The van der Waals surface area contributed by atoms with Crippen LogP contribution in [-0.4, -0.2) is 94.5 Å². The molecule has 390 valence electrons. The van der Waals surface area contributed by atoms with Gasteiger partial charge in [-0.1, -0.05) is 177 Å². The molecule has 8 atom stereocenters. The molecule has 0 heterocycles. The Balaban J connectivity index is 1.49. The number of carbonyl (C=O) groups is 6. The second-order valence-corrected chi connectivity index (χ2v) is 19.8. The molecule has 0 unspecified atom stereocenters. The Bertz CT molecular complexity index is 2120. The summed E-state index contributed by atoms with van der Waals surface area (Å²) in [4.78, 5) is 82.7. The van der Waals surface area contributed by atoms with Crippen molar-refractivity contribution in [3.05, 3.63) is 144 Å². The molecule has 0 saturated heterocycles. The van der Waals surface area contributed by atoms with Crippen LogP contribution in [0.5, 0.6) is 0 Å². The van der Waals surface area contributed by atoms with E-state index in [0.29, 0.717) is 0 Å². The summed E-state index contributed by atoms with van der Waals surface area (Å²) in [5.41, 5.74) is 3.03. The summed E-state index contributed by atoms with van der Waals surface area (Å²) in [5.74, 6) is -3.63. The standard InChI is InChI=1S/C56H76N6O10/c1-35(2)29-43(57-53(67)47(37(5)6)61-51(65)45(31-39-21-13-9-14-22-39)59-55(69)71-33-41-25-17-11-18-26-41)49(63)50(64)44(30-36(3)4)58-54(68)48(38(7)8)62-52(66)46(32-40-23-15-10-16-24-40)60-56(70)72-34-42-27-19-12-20-28-42/h9-28,35-38,43-50,63-64H,29-34H2,1-8H3,(H,57,67)(H,58,68)(H,59,69)(H,60,70)(H,61,65)(H,62,66)/t43-,44-,45-,46-,47-,48-,49+,50+/m0/s1. The minimum absolute atomic E-state index is 0.0196. The molecule has 8 N–H and O–H groups in total. The van der Waals surface area contributed by atoms with E-state index in [0.717, 1.165) is 22.3 Å². The molecule has 4 aromatic carbocycles. The molecule has 0 spiro atoms. The van der Waals surface area contributed by atoms with E-state index >= 15 is 0 Å². The normalized spacial score (nSPS) is 14.7. The summed E-state index contributed by atoms with van der Waals surface area (Å²) >= 11 is 0. The number of amides is 6. The largest absolute Gasteiger partial charge is 0.445 e. The molecule has 0 radical (unpaired) electrons. The molecule has 16 heteroatoms. The average molecular weight is 993 g/mol. The Morgan fingerprint density at radius 3 is 0.972 bits per heavy atom. The Kier molecular flexibility index (Phi) is 23.7. The number of ether oxygens (including phenoxy) is 2. The molecule has 0 fully saturated rings. The number of aliphatic hydroxyl groups is 2. The van der Waals surface area contributed by atoms with Gasteiger partial charge in [0.1, 0.15) is 49.6 Å². The summed E-state index contributed by atoms with van der Waals surface area (Å²) < 4.78 is 10.9. The third-order valence-electron chi connectivity index (χ3n) is 12.0. The molecule has 0 saturated carbocycles. The fraction of sp³-hybridized carbons (Fsp3) is 0.464. The molecule has 72 heavy (non-hydrogen) atoms. The lowest BCUT2D eigenvalue weighted by molar-refractivity contribution is -0.134. The van der Waals surface area contributed by atoms with Gasteiger partial charge in [-0.05, 0) is 58.8 Å². The van der Waals surface area contributed by atoms with Crippen LogP contribution in [0, 0.1) is 23.7 Å². The van der Waals surface area contributed by atoms with Gasteiger partial charge >= 0.3 is 12.2 Å². The SMILES string of the molecule is CC(C)C[C@H](NC(=O)[C@@H](NC(=O)[C@H](Cc1ccccc1)NC(=O)OCc1ccccc1)C(C)C)[C@@H](O)[C@H](O)[C@H](CC(C)C)NC(=O)[C@@H](NC(=O)[C@H](Cc1ccccc1)NC(=O)OCc1ccccc1)C(C)C. The predicted molar refractivity (Wildman–Crippen MR) is 276 cm³/mol. The van der Waals surface area contributed by atoms with E-state index in [4.69, 9.17) is 9.47 Å². The molecular weight excluding hydrogens is 917 g/mol. The van der Waals surface area contributed by atoms with Gasteiger partial charge in [-0.25, -0.2) is 9.59 Å². The molecule has 0 aliphatic rings. The van der Waals surface area contributed by atoms with Crippen LogP contribution in [0.2, 0.25) is 0 Å². The van der Waals surface area contributed by atoms with Crippen LogP contribution in [0.3, 0.4) is 0 Å². The van der Waals surface area contributed by atoms with Gasteiger partial charge in [0.05, 0.1) is 12.1 Å². The summed E-state index contributed by atoms with van der Waals surface area (Å²) in [5, 5.41) is 40.7. The van der Waals surface area contributed by atoms with Gasteiger partial charge in [0, 0.05) is 12.8 Å². The smallest absolute Gasteiger partial charge is 0.408 e. The molecule has 4 rings (SSSR count). The number of carbonyl (C=O) groups excluding carboxylic acids is 6. The van der Waals surface area contributed by atoms with Crippen LogP contribution < -0.4 is 31.9 Å². The number of hydrogen-bond acceptors (Lipinski definition) is 10. The minimum atomic E-state index is -1.61. The van der Waals surface area contributed by atoms with Crippen LogP contribution in [0.4, 0.5) is 9.59 Å². The van der Waals surface area contributed by atoms with Crippen molar-refractivity contribution in [1.29, 1.82) is 0 Å². The van der Waals surface area contributed by atoms with Crippen molar-refractivity contribution in [2.24, 2.45) is 23.7 Å². The van der Waals surface area contributed by atoms with E-state index in [1.165, 1.54) is 0 Å². The molecule has 16 nitrogen and oxygen atoms in total. The highest BCUT2D eigenvalue weighted by Gasteiger charge is 2.39. The topological polar surface area (TPSA) is 234 Å². The predicted octanol–water partition coefficient (Wildman–Crippen LogP) is 6.13. The number of rotatable bonds is 27. The number of hydrogen-bond donors (Lipinski definition) is 8. The van der Waals surface area contributed by atoms with E-state index in [9.17, 15) is 39.0 Å². The maximum Gasteiger partial charge on any atom is 0.408 e. The van der Waals surface area contributed by atoms with E-state index in [1.54, 1.807) is 52.0 Å². The van der Waals surface area contributed by atoms with Gasteiger partial charge in [0.25, 0.3) is 0 Å². The quantitative estimate of drug-likeness (QED) is 0.0341. The fourth-order valence-corrected chi connectivity index (χ4v) is 8.11. The van der Waals surface area contributed by atoms with Crippen molar-refractivity contribution in [2.75, 3.05) is 0 Å². The third-order valence-corrected chi connectivity index (χ3v) is 12.0. The first kappa shape index (κ1) is 57.8. The lowest BCUT2D eigenvalue weighted by Gasteiger charge is -2.36. The Hall–Kier alpha value is -6.78. The Morgan fingerprint density at radius 2 is 0.694 bits per heavy atom. The highest BCUT2D eigenvalue weighted by atomic mass is 16.6. The lowest BCUT2D eigenvalue weighted by Crippen LogP contribution is -2.62. The van der Waals surface area contributed by atoms with Crippen molar-refractivity contribution < 1.29 is 48.5 Å². The van der Waals surface area contributed by atoms with Crippen molar-refractivity contribution in [2.45, 2.75) is 143 Å². The maximum absolute atomic E-state index is 14.3. The molecular formula is C56H76N6O10. The van der Waals surface area contributed by atoms with Crippen LogP contribution in [0.15, 0.2) is 121 Å². The van der Waals surface area contributed by atoms with Crippen molar-refractivity contribution in [3.8, 4) is 0 Å². The Morgan fingerprint density at radius 1 is 0.403 bits per heavy atom. The number of benzene rings is 4. The van der Waals surface area contributed by atoms with Crippen LogP contribution in [-0.2, 0) is 54.7 Å². The molecule has 4 aromatic rings. The zero-order valence-electron chi connectivity index (χ0n) is 42.9. The number of alkyl carbamates (subject to hydrolysis) is 2. The van der Waals surface area contributed by atoms with Crippen molar-refractivity contribution in [1.82, 2.24) is 31.9 Å². The number of nitrogens with one attached hydrogen (secondary N) is 6. The van der Waals surface area contributed by atoms with Crippen molar-refractivity contribution in [3.63, 3.8) is 0 Å². The lowest BCUT2D eigenvalue weighted by atomic mass is 9.88. The van der Waals surface area contributed by atoms with Gasteiger partial charge in [-0.3, -0.25) is 19.2 Å². The van der Waals surface area contributed by atoms with Crippen LogP contribution in [0.1, 0.15) is 90.5 Å². The second-order valence-electron chi connectivity index (χ2n) is 19.8. The van der Waals surface area contributed by atoms with E-state index in [1.807, 2.05) is 125 Å². The van der Waals surface area contributed by atoms with Gasteiger partial charge in [0.15, 0.2) is 0 Å². The van der Waals surface area contributed by atoms with Gasteiger partial charge in [0.2, 0.25) is 23.6 Å². The highest BCUT2D eigenvalue weighted by molar-refractivity contribution is 5.92. The summed E-state index contributed by atoms with van der Waals surface area (Å²) in [7, 11) is 0. The van der Waals surface area contributed by atoms with Crippen LogP contribution in [0.25, 0.3) is 0 Å². The fourth-order valence-electron chi connectivity index (χ4n) is 8.11. The summed E-state index contributed by atoms with van der Waals surface area (Å²) in [6, 6.07) is 29.7. The van der Waals surface area contributed by atoms with Crippen molar-refractivity contribution >= 4 is 35.8 Å². The highest BCUT2D eigenvalue weighted by Crippen LogP contribution is 2.20. The third kappa shape index (κ3) is 19.8. The zero-order chi connectivity index (χ0) is 52.7. The molecule has 0 aromatic heterocycles. The van der Waals surface area contributed by atoms with Gasteiger partial charge in [-0.15, -0.1) is 0 Å². The second kappa shape index (κ2) is 29.5. The van der Waals surface area contributed by atoms with E-state index < -0.39 is 96.1 Å². The zero-order valence-corrected chi connectivity index (χ0v) is 42.9. The van der Waals surface area contributed by atoms with Crippen LogP contribution >= 0.6 is 0 Å². The summed E-state index contributed by atoms with van der Waals surface area (Å²) in [6.45, 7) is 14.5. The molecule has 0 aliphatic carbocycles. The van der Waals surface area contributed by atoms with E-state index in [2.05, 4.69) is 31.9 Å². The van der Waals surface area contributed by atoms with Gasteiger partial charge < -0.3 is 51.6 Å². The first-order valence-corrected chi connectivity index (χ1v) is 24.9. The van der Waals surface area contributed by atoms with E-state index in [-0.39, 0.29) is 50.7 Å². The molecule has 0 aliphatic heterocycles. The molecule has 6 amide bonds. The summed E-state index contributed by atoms with van der Waals surface area (Å²) in [6.07, 6.45) is -4.23. The number of aliphatic hydroxyl groups excluding tert-OH is 2. The van der Waals surface area contributed by atoms with Gasteiger partial charge in [-0.2, -0.15) is 0 Å². The first-order valence-electron chi connectivity index (χ1n) is 24.9. The maximum atomic E-state index is 14.3. The average Bonchev–Trinajstić information content (AvgIpc) is 3.35. The monoisotopic (exact) mass is 993 g/mol. The Labute approximate surface area is 424 Å². The first-order chi connectivity index (χ1) is 34.3. The minimum Gasteiger partial charge on any atom is -0.445 e. The molecule has 0 bridgehead atoms.